The second-order valence-electron chi connectivity index (χ2n) is 5.72. The first-order valence-corrected chi connectivity index (χ1v) is 8.04. The molecule has 1 saturated carbocycles. The Bertz CT molecular complexity index is 587. The highest BCUT2D eigenvalue weighted by molar-refractivity contribution is 9.10. The second-order valence-corrected chi connectivity index (χ2v) is 6.64. The summed E-state index contributed by atoms with van der Waals surface area (Å²) in [7, 11) is 0. The van der Waals surface area contributed by atoms with Crippen LogP contribution >= 0.6 is 15.9 Å². The Labute approximate surface area is 127 Å². The van der Waals surface area contributed by atoms with Gasteiger partial charge in [-0.25, -0.2) is 0 Å². The van der Waals surface area contributed by atoms with Crippen LogP contribution in [0.5, 0.6) is 0 Å². The standard InChI is InChI=1S/C16H20BrNO2/c1-10(18-13-3-5-14(19)6-4-13)16-9-11-8-12(17)2-7-15(11)20-16/h2,7-10,13-14,18-19H,3-6H2,1H3. The Balaban J connectivity index is 1.70. The molecule has 1 aliphatic rings. The van der Waals surface area contributed by atoms with E-state index in [2.05, 4.69) is 40.3 Å². The first kappa shape index (κ1) is 14.1. The molecule has 1 aliphatic carbocycles. The molecule has 3 rings (SSSR count). The molecule has 2 aromatic rings. The van der Waals surface area contributed by atoms with Crippen molar-refractivity contribution in [3.05, 3.63) is 34.5 Å². The van der Waals surface area contributed by atoms with Gasteiger partial charge in [0.2, 0.25) is 0 Å². The fraction of sp³-hybridized carbons (Fsp3) is 0.500. The third-order valence-corrected chi connectivity index (χ3v) is 4.60. The molecule has 0 saturated heterocycles. The maximum absolute atomic E-state index is 9.55. The molecule has 1 aromatic heterocycles. The fourth-order valence-corrected chi connectivity index (χ4v) is 3.31. The summed E-state index contributed by atoms with van der Waals surface area (Å²) in [6, 6.07) is 8.85. The molecule has 1 unspecified atom stereocenters. The summed E-state index contributed by atoms with van der Waals surface area (Å²) in [4.78, 5) is 0. The second kappa shape index (κ2) is 5.88. The summed E-state index contributed by atoms with van der Waals surface area (Å²) in [6.07, 6.45) is 3.77. The van der Waals surface area contributed by atoms with Crippen molar-refractivity contribution >= 4 is 26.9 Å². The molecule has 20 heavy (non-hydrogen) atoms. The van der Waals surface area contributed by atoms with Crippen LogP contribution in [0.15, 0.2) is 33.2 Å². The van der Waals surface area contributed by atoms with E-state index in [0.717, 1.165) is 46.9 Å². The van der Waals surface area contributed by atoms with Gasteiger partial charge in [0.25, 0.3) is 0 Å². The van der Waals surface area contributed by atoms with Crippen molar-refractivity contribution in [2.45, 2.75) is 50.8 Å². The lowest BCUT2D eigenvalue weighted by Gasteiger charge is -2.28. The predicted molar refractivity (Wildman–Crippen MR) is 83.7 cm³/mol. The highest BCUT2D eigenvalue weighted by Crippen LogP contribution is 2.28. The molecule has 0 radical (unpaired) electrons. The highest BCUT2D eigenvalue weighted by atomic mass is 79.9. The Morgan fingerprint density at radius 1 is 1.25 bits per heavy atom. The first-order chi connectivity index (χ1) is 9.61. The zero-order valence-electron chi connectivity index (χ0n) is 11.6. The van der Waals surface area contributed by atoms with E-state index >= 15 is 0 Å². The number of hydrogen-bond donors (Lipinski definition) is 2. The van der Waals surface area contributed by atoms with Crippen LogP contribution in [0.3, 0.4) is 0 Å². The third-order valence-electron chi connectivity index (χ3n) is 4.11. The number of rotatable bonds is 3. The minimum absolute atomic E-state index is 0.105. The molecule has 1 fully saturated rings. The molecule has 2 N–H and O–H groups in total. The van der Waals surface area contributed by atoms with Gasteiger partial charge in [0.1, 0.15) is 11.3 Å². The zero-order chi connectivity index (χ0) is 14.1. The molecule has 4 heteroatoms. The van der Waals surface area contributed by atoms with E-state index in [0.29, 0.717) is 6.04 Å². The van der Waals surface area contributed by atoms with Crippen molar-refractivity contribution in [3.63, 3.8) is 0 Å². The molecule has 3 nitrogen and oxygen atoms in total. The first-order valence-electron chi connectivity index (χ1n) is 7.25. The fourth-order valence-electron chi connectivity index (χ4n) is 2.93. The molecule has 1 aromatic carbocycles. The summed E-state index contributed by atoms with van der Waals surface area (Å²) in [5.74, 6) is 0.976. The molecular weight excluding hydrogens is 318 g/mol. The van der Waals surface area contributed by atoms with Gasteiger partial charge in [-0.15, -0.1) is 0 Å². The van der Waals surface area contributed by atoms with Crippen LogP contribution in [-0.4, -0.2) is 17.3 Å². The predicted octanol–water partition coefficient (Wildman–Crippen LogP) is 4.15. The van der Waals surface area contributed by atoms with Gasteiger partial charge >= 0.3 is 0 Å². The molecule has 0 amide bonds. The summed E-state index contributed by atoms with van der Waals surface area (Å²) in [5, 5.41) is 14.3. The van der Waals surface area contributed by atoms with Gasteiger partial charge in [-0.05, 0) is 56.9 Å². The van der Waals surface area contributed by atoms with Crippen molar-refractivity contribution in [2.75, 3.05) is 0 Å². The van der Waals surface area contributed by atoms with Gasteiger partial charge in [0.05, 0.1) is 12.1 Å². The Morgan fingerprint density at radius 2 is 2.00 bits per heavy atom. The number of aliphatic hydroxyl groups excluding tert-OH is 1. The van der Waals surface area contributed by atoms with Crippen LogP contribution in [0.2, 0.25) is 0 Å². The van der Waals surface area contributed by atoms with E-state index in [1.54, 1.807) is 0 Å². The van der Waals surface area contributed by atoms with Gasteiger partial charge in [-0.3, -0.25) is 0 Å². The van der Waals surface area contributed by atoms with Crippen molar-refractivity contribution in [1.29, 1.82) is 0 Å². The molecule has 0 bridgehead atoms. The largest absolute Gasteiger partial charge is 0.459 e. The number of halogens is 1. The van der Waals surface area contributed by atoms with Crippen molar-refractivity contribution < 1.29 is 9.52 Å². The van der Waals surface area contributed by atoms with E-state index in [4.69, 9.17) is 4.42 Å². The molecular formula is C16H20BrNO2. The van der Waals surface area contributed by atoms with Gasteiger partial charge in [0.15, 0.2) is 0 Å². The number of hydrogen-bond acceptors (Lipinski definition) is 3. The lowest BCUT2D eigenvalue weighted by Crippen LogP contribution is -2.36. The van der Waals surface area contributed by atoms with Gasteiger partial charge in [-0.2, -0.15) is 0 Å². The maximum atomic E-state index is 9.55. The normalized spacial score (nSPS) is 24.9. The third kappa shape index (κ3) is 3.08. The van der Waals surface area contributed by atoms with Crippen LogP contribution < -0.4 is 5.32 Å². The molecule has 0 spiro atoms. The van der Waals surface area contributed by atoms with E-state index in [1.807, 2.05) is 12.1 Å². The molecule has 1 heterocycles. The van der Waals surface area contributed by atoms with E-state index < -0.39 is 0 Å². The minimum atomic E-state index is -0.105. The highest BCUT2D eigenvalue weighted by Gasteiger charge is 2.22. The summed E-state index contributed by atoms with van der Waals surface area (Å²) >= 11 is 3.48. The SMILES string of the molecule is CC(NC1CCC(O)CC1)c1cc2cc(Br)ccc2o1. The Kier molecular flexibility index (Phi) is 4.15. The van der Waals surface area contributed by atoms with Crippen molar-refractivity contribution in [2.24, 2.45) is 0 Å². The van der Waals surface area contributed by atoms with Crippen molar-refractivity contribution in [1.82, 2.24) is 5.32 Å². The quantitative estimate of drug-likeness (QED) is 0.884. The van der Waals surface area contributed by atoms with Crippen LogP contribution in [0, 0.1) is 0 Å². The van der Waals surface area contributed by atoms with Gasteiger partial charge in [0, 0.05) is 15.9 Å². The minimum Gasteiger partial charge on any atom is -0.459 e. The van der Waals surface area contributed by atoms with E-state index in [9.17, 15) is 5.11 Å². The van der Waals surface area contributed by atoms with Crippen LogP contribution in [0.25, 0.3) is 11.0 Å². The maximum Gasteiger partial charge on any atom is 0.134 e. The summed E-state index contributed by atoms with van der Waals surface area (Å²) in [5.41, 5.74) is 0.927. The van der Waals surface area contributed by atoms with Crippen LogP contribution in [0.1, 0.15) is 44.4 Å². The Morgan fingerprint density at radius 3 is 2.75 bits per heavy atom. The lowest BCUT2D eigenvalue weighted by molar-refractivity contribution is 0.114. The van der Waals surface area contributed by atoms with E-state index in [-0.39, 0.29) is 12.1 Å². The van der Waals surface area contributed by atoms with Gasteiger partial charge in [-0.1, -0.05) is 15.9 Å². The van der Waals surface area contributed by atoms with Crippen LogP contribution in [-0.2, 0) is 0 Å². The molecule has 1 atom stereocenters. The number of fused-ring (bicyclic) bond motifs is 1. The smallest absolute Gasteiger partial charge is 0.134 e. The number of aliphatic hydroxyl groups is 1. The lowest BCUT2D eigenvalue weighted by atomic mass is 9.92. The topological polar surface area (TPSA) is 45.4 Å². The number of nitrogens with one attached hydrogen (secondary N) is 1. The molecule has 108 valence electrons. The van der Waals surface area contributed by atoms with Crippen LogP contribution in [0.4, 0.5) is 0 Å². The Hall–Kier alpha value is -0.840. The van der Waals surface area contributed by atoms with Crippen molar-refractivity contribution in [3.8, 4) is 0 Å². The average Bonchev–Trinajstić information content (AvgIpc) is 2.84. The van der Waals surface area contributed by atoms with E-state index in [1.165, 1.54) is 0 Å². The van der Waals surface area contributed by atoms with Gasteiger partial charge < -0.3 is 14.8 Å². The summed E-state index contributed by atoms with van der Waals surface area (Å²) < 4.78 is 6.98. The average molecular weight is 338 g/mol. The number of benzene rings is 1. The zero-order valence-corrected chi connectivity index (χ0v) is 13.2. The molecule has 0 aliphatic heterocycles. The monoisotopic (exact) mass is 337 g/mol. The number of furan rings is 1. The summed E-state index contributed by atoms with van der Waals surface area (Å²) in [6.45, 7) is 2.14.